The lowest BCUT2D eigenvalue weighted by Gasteiger charge is -2.01. The zero-order valence-electron chi connectivity index (χ0n) is 8.25. The lowest BCUT2D eigenvalue weighted by molar-refractivity contribution is 0.415. The van der Waals surface area contributed by atoms with Crippen LogP contribution in [-0.2, 0) is 0 Å². The van der Waals surface area contributed by atoms with Gasteiger partial charge in [0.1, 0.15) is 5.75 Å². The van der Waals surface area contributed by atoms with Gasteiger partial charge in [0.25, 0.3) is 0 Å². The van der Waals surface area contributed by atoms with Crippen molar-refractivity contribution in [3.8, 4) is 5.75 Å². The molecule has 0 unspecified atom stereocenters. The molecule has 0 aliphatic heterocycles. The normalized spacial score (nSPS) is 8.46. The van der Waals surface area contributed by atoms with Crippen molar-refractivity contribution in [3.63, 3.8) is 0 Å². The van der Waals surface area contributed by atoms with Gasteiger partial charge in [-0.3, -0.25) is 0 Å². The Hall–Kier alpha value is 0.266. The van der Waals surface area contributed by atoms with Gasteiger partial charge in [0, 0.05) is 0 Å². The van der Waals surface area contributed by atoms with E-state index in [4.69, 9.17) is 4.74 Å². The van der Waals surface area contributed by atoms with Gasteiger partial charge in [0.2, 0.25) is 0 Å². The number of hydrogen-bond donors (Lipinski definition) is 0. The number of hydrogen-bond acceptors (Lipinski definition) is 1. The summed E-state index contributed by atoms with van der Waals surface area (Å²) in [6.07, 6.45) is 1.32. The van der Waals surface area contributed by atoms with Crippen LogP contribution in [0.15, 0.2) is 24.3 Å². The average molecular weight is 255 g/mol. The van der Waals surface area contributed by atoms with E-state index < -0.39 is 0 Å². The fourth-order valence-electron chi connectivity index (χ4n) is 1.17. The second-order valence-electron chi connectivity index (χ2n) is 2.95. The molecule has 0 bridgehead atoms. The van der Waals surface area contributed by atoms with Crippen LogP contribution in [0.5, 0.6) is 5.75 Å². The minimum Gasteiger partial charge on any atom is -0.497 e. The van der Waals surface area contributed by atoms with E-state index in [-0.39, 0.29) is 37.3 Å². The Morgan fingerprint density at radius 3 is 2.31 bits per heavy atom. The van der Waals surface area contributed by atoms with Crippen molar-refractivity contribution in [1.82, 2.24) is 0 Å². The summed E-state index contributed by atoms with van der Waals surface area (Å²) in [5, 5.41) is 0. The Morgan fingerprint density at radius 1 is 1.23 bits per heavy atom. The fraction of sp³-hybridized carbons (Fsp3) is 0.400. The molecule has 0 amide bonds. The van der Waals surface area contributed by atoms with E-state index in [0.717, 1.165) is 5.75 Å². The first kappa shape index (κ1) is 13.3. The number of benzene rings is 1. The van der Waals surface area contributed by atoms with E-state index in [2.05, 4.69) is 31.2 Å². The van der Waals surface area contributed by atoms with Gasteiger partial charge in [0.05, 0.1) is 7.11 Å². The van der Waals surface area contributed by atoms with E-state index in [0.29, 0.717) is 0 Å². The van der Waals surface area contributed by atoms with Gasteiger partial charge in [-0.15, -0.1) is 21.5 Å². The van der Waals surface area contributed by atoms with Crippen molar-refractivity contribution < 1.29 is 4.74 Å². The summed E-state index contributed by atoms with van der Waals surface area (Å²) >= 11 is 0.00937. The van der Waals surface area contributed by atoms with E-state index in [9.17, 15) is 0 Å². The Morgan fingerprint density at radius 2 is 1.85 bits per heavy atom. The molecule has 0 fully saturated rings. The predicted molar refractivity (Wildman–Crippen MR) is 63.8 cm³/mol. The van der Waals surface area contributed by atoms with Crippen LogP contribution in [0.4, 0.5) is 0 Å². The van der Waals surface area contributed by atoms with Crippen molar-refractivity contribution in [3.05, 3.63) is 24.3 Å². The summed E-state index contributed by atoms with van der Waals surface area (Å²) in [6, 6.07) is 8.50. The third-order valence-corrected chi connectivity index (χ3v) is 4.09. The predicted octanol–water partition coefficient (Wildman–Crippen LogP) is 2.43. The van der Waals surface area contributed by atoms with E-state index in [1.54, 1.807) is 7.11 Å². The lowest BCUT2D eigenvalue weighted by Crippen LogP contribution is -2.12. The second kappa shape index (κ2) is 7.65. The van der Waals surface area contributed by atoms with Crippen molar-refractivity contribution in [1.29, 1.82) is 0 Å². The minimum atomic E-state index is 0. The van der Waals surface area contributed by atoms with Gasteiger partial charge >= 0.3 is 20.4 Å². The first-order chi connectivity index (χ1) is 5.86. The van der Waals surface area contributed by atoms with Gasteiger partial charge in [-0.2, -0.15) is 3.69 Å². The lowest BCUT2D eigenvalue weighted by atomic mass is 10.3. The maximum absolute atomic E-state index is 5.09. The third kappa shape index (κ3) is 4.89. The number of methoxy groups -OCH3 is 1. The maximum atomic E-state index is 5.09. The van der Waals surface area contributed by atoms with Crippen LogP contribution >= 0.6 is 17.0 Å². The molecule has 0 aliphatic rings. The number of halogens is 1. The van der Waals surface area contributed by atoms with Crippen LogP contribution in [0, 0.1) is 0 Å². The highest BCUT2D eigenvalue weighted by atomic mass is 79.9. The molecule has 0 heterocycles. The molecule has 0 aliphatic carbocycles. The second-order valence-corrected chi connectivity index (χ2v) is 4.98. The van der Waals surface area contributed by atoms with Crippen LogP contribution in [0.1, 0.15) is 13.3 Å². The quantitative estimate of drug-likeness (QED) is 0.751. The van der Waals surface area contributed by atoms with E-state index in [1.165, 1.54) is 14.7 Å². The Labute approximate surface area is 100 Å². The highest BCUT2D eigenvalue weighted by molar-refractivity contribution is 8.93. The molecule has 0 aromatic heterocycles. The molecule has 0 N–H and O–H groups in total. The van der Waals surface area contributed by atoms with Gasteiger partial charge in [-0.25, -0.2) is 0 Å². The summed E-state index contributed by atoms with van der Waals surface area (Å²) in [5.41, 5.74) is 0. The van der Waals surface area contributed by atoms with Crippen LogP contribution in [0.25, 0.3) is 0 Å². The zero-order chi connectivity index (χ0) is 8.81. The third-order valence-electron chi connectivity index (χ3n) is 1.98. The average Bonchev–Trinajstić information content (AvgIpc) is 2.15. The van der Waals surface area contributed by atoms with Crippen LogP contribution in [0.3, 0.4) is 0 Å². The maximum Gasteiger partial charge on any atom is 0.408 e. The highest BCUT2D eigenvalue weighted by Crippen LogP contribution is 2.05. The zero-order valence-corrected chi connectivity index (χ0v) is 11.4. The Bertz CT molecular complexity index is 223. The number of rotatable bonds is 4. The molecule has 1 aromatic rings. The Balaban J connectivity index is 0.00000144. The molecule has 13 heavy (non-hydrogen) atoms. The molecule has 3 heteroatoms. The van der Waals surface area contributed by atoms with Gasteiger partial charge < -0.3 is 4.74 Å². The summed E-state index contributed by atoms with van der Waals surface area (Å²) in [7, 11) is 1.71. The SMILES string of the molecule is Br.CC[CH2][Mg][c]1ccc(OC)cc1. The summed E-state index contributed by atoms with van der Waals surface area (Å²) < 4.78 is 8.04. The molecule has 0 saturated heterocycles. The molecular weight excluding hydrogens is 240 g/mol. The molecule has 0 saturated carbocycles. The van der Waals surface area contributed by atoms with Crippen molar-refractivity contribution in [2.75, 3.05) is 7.11 Å². The van der Waals surface area contributed by atoms with Crippen molar-refractivity contribution in [2.45, 2.75) is 17.9 Å². The van der Waals surface area contributed by atoms with Gasteiger partial charge in [0.15, 0.2) is 0 Å². The highest BCUT2D eigenvalue weighted by Gasteiger charge is 1.97. The summed E-state index contributed by atoms with van der Waals surface area (Å²) in [4.78, 5) is 0. The first-order valence-corrected chi connectivity index (χ1v) is 6.20. The van der Waals surface area contributed by atoms with E-state index in [1.807, 2.05) is 0 Å². The van der Waals surface area contributed by atoms with Crippen molar-refractivity contribution >= 4 is 41.0 Å². The van der Waals surface area contributed by atoms with Crippen LogP contribution < -0.4 is 8.43 Å². The standard InChI is InChI=1S/C7H7O.C3H7.BrH.Mg/c1-8-7-5-3-2-4-6-7;1-3-2;;/h3-6H,1H3;1,3H2,2H3;1H;. The fourth-order valence-corrected chi connectivity index (χ4v) is 2.50. The number of ether oxygens (including phenoxy) is 1. The molecule has 0 spiro atoms. The van der Waals surface area contributed by atoms with Crippen LogP contribution in [0.2, 0.25) is 4.55 Å². The Kier molecular flexibility index (Phi) is 7.81. The molecule has 0 atom stereocenters. The molecule has 0 radical (unpaired) electrons. The van der Waals surface area contributed by atoms with Crippen LogP contribution in [-0.4, -0.2) is 27.5 Å². The van der Waals surface area contributed by atoms with E-state index >= 15 is 0 Å². The smallest absolute Gasteiger partial charge is 0.408 e. The summed E-state index contributed by atoms with van der Waals surface area (Å²) in [5.74, 6) is 0.962. The minimum absolute atomic E-state index is 0. The monoisotopic (exact) mass is 254 g/mol. The molecular formula is C10H15BrMgO. The van der Waals surface area contributed by atoms with Gasteiger partial charge in [-0.05, 0) is 12.1 Å². The molecule has 1 rings (SSSR count). The van der Waals surface area contributed by atoms with Gasteiger partial charge in [-0.1, -0.05) is 25.5 Å². The van der Waals surface area contributed by atoms with Crippen molar-refractivity contribution in [2.24, 2.45) is 0 Å². The summed E-state index contributed by atoms with van der Waals surface area (Å²) in [6.45, 7) is 2.25. The molecule has 70 valence electrons. The molecule has 1 aromatic carbocycles. The topological polar surface area (TPSA) is 9.23 Å². The largest absolute Gasteiger partial charge is 0.497 e. The first-order valence-electron chi connectivity index (χ1n) is 4.49. The molecule has 1 nitrogen and oxygen atoms in total.